The number of aryl methyl sites for hydroxylation is 1. The highest BCUT2D eigenvalue weighted by Crippen LogP contribution is 2.28. The van der Waals surface area contributed by atoms with E-state index in [2.05, 4.69) is 24.3 Å². The molecule has 2 aromatic carbocycles. The molecule has 1 aliphatic rings. The molecule has 0 atom stereocenters. The summed E-state index contributed by atoms with van der Waals surface area (Å²) in [6.45, 7) is 2.69. The number of benzene rings is 2. The number of fused-ring (bicyclic) bond motifs is 1. The lowest BCUT2D eigenvalue weighted by molar-refractivity contribution is 0.266. The molecule has 2 nitrogen and oxygen atoms in total. The second-order valence-corrected chi connectivity index (χ2v) is 5.05. The summed E-state index contributed by atoms with van der Waals surface area (Å²) in [5.41, 5.74) is 5.78. The molecular formula is C19H19NO. The highest BCUT2D eigenvalue weighted by molar-refractivity contribution is 6.15. The maximum Gasteiger partial charge on any atom is 0.0882 e. The van der Waals surface area contributed by atoms with Crippen LogP contribution in [0.15, 0.2) is 71.4 Å². The van der Waals surface area contributed by atoms with Gasteiger partial charge in [0, 0.05) is 11.1 Å². The molecule has 2 heteroatoms. The molecule has 0 aliphatic heterocycles. The van der Waals surface area contributed by atoms with Gasteiger partial charge in [-0.05, 0) is 37.5 Å². The summed E-state index contributed by atoms with van der Waals surface area (Å²) < 4.78 is 5.51. The van der Waals surface area contributed by atoms with Gasteiger partial charge in [0.15, 0.2) is 0 Å². The SMILES string of the molecule is CCOC=C1CCc2ccccc2C1=Nc1ccccc1. The predicted octanol–water partition coefficient (Wildman–Crippen LogP) is 4.67. The normalized spacial score (nSPS) is 17.8. The Morgan fingerprint density at radius 1 is 1.00 bits per heavy atom. The van der Waals surface area contributed by atoms with Crippen LogP contribution in [-0.4, -0.2) is 12.3 Å². The van der Waals surface area contributed by atoms with Crippen LogP contribution in [0.5, 0.6) is 0 Å². The number of rotatable bonds is 3. The molecule has 21 heavy (non-hydrogen) atoms. The first-order chi connectivity index (χ1) is 10.4. The van der Waals surface area contributed by atoms with Gasteiger partial charge in [0.1, 0.15) is 0 Å². The third-order valence-corrected chi connectivity index (χ3v) is 3.63. The third-order valence-electron chi connectivity index (χ3n) is 3.63. The summed E-state index contributed by atoms with van der Waals surface area (Å²) in [7, 11) is 0. The van der Waals surface area contributed by atoms with Crippen molar-refractivity contribution in [2.75, 3.05) is 6.61 Å². The highest BCUT2D eigenvalue weighted by atomic mass is 16.5. The maximum atomic E-state index is 5.51. The van der Waals surface area contributed by atoms with Crippen LogP contribution in [0, 0.1) is 0 Å². The van der Waals surface area contributed by atoms with Gasteiger partial charge in [0.05, 0.1) is 24.3 Å². The summed E-state index contributed by atoms with van der Waals surface area (Å²) in [6.07, 6.45) is 3.89. The van der Waals surface area contributed by atoms with Gasteiger partial charge in [0.25, 0.3) is 0 Å². The lowest BCUT2D eigenvalue weighted by atomic mass is 9.86. The van der Waals surface area contributed by atoms with E-state index < -0.39 is 0 Å². The van der Waals surface area contributed by atoms with E-state index in [0.717, 1.165) is 24.2 Å². The van der Waals surface area contributed by atoms with E-state index in [-0.39, 0.29) is 0 Å². The lowest BCUT2D eigenvalue weighted by Gasteiger charge is -2.20. The number of allylic oxidation sites excluding steroid dienone is 1. The van der Waals surface area contributed by atoms with Crippen LogP contribution in [0.2, 0.25) is 0 Å². The van der Waals surface area contributed by atoms with Gasteiger partial charge in [-0.2, -0.15) is 0 Å². The van der Waals surface area contributed by atoms with Gasteiger partial charge in [-0.25, -0.2) is 4.99 Å². The smallest absolute Gasteiger partial charge is 0.0882 e. The Bertz CT molecular complexity index is 671. The van der Waals surface area contributed by atoms with E-state index in [1.54, 1.807) is 0 Å². The molecule has 106 valence electrons. The van der Waals surface area contributed by atoms with Crippen LogP contribution in [0.1, 0.15) is 24.5 Å². The first-order valence-electron chi connectivity index (χ1n) is 7.41. The van der Waals surface area contributed by atoms with E-state index in [1.165, 1.54) is 16.7 Å². The summed E-state index contributed by atoms with van der Waals surface area (Å²) in [5.74, 6) is 0. The van der Waals surface area contributed by atoms with E-state index in [1.807, 2.05) is 43.5 Å². The molecule has 0 spiro atoms. The molecule has 2 aromatic rings. The first-order valence-corrected chi connectivity index (χ1v) is 7.41. The average molecular weight is 277 g/mol. The molecule has 0 saturated carbocycles. The molecule has 0 unspecified atom stereocenters. The van der Waals surface area contributed by atoms with Gasteiger partial charge in [-0.3, -0.25) is 0 Å². The van der Waals surface area contributed by atoms with Gasteiger partial charge >= 0.3 is 0 Å². The van der Waals surface area contributed by atoms with Crippen molar-refractivity contribution in [2.24, 2.45) is 4.99 Å². The van der Waals surface area contributed by atoms with Gasteiger partial charge in [-0.15, -0.1) is 0 Å². The molecule has 0 heterocycles. The number of hydrogen-bond donors (Lipinski definition) is 0. The fourth-order valence-corrected chi connectivity index (χ4v) is 2.59. The van der Waals surface area contributed by atoms with Crippen LogP contribution in [-0.2, 0) is 11.2 Å². The Hall–Kier alpha value is -2.35. The molecule has 0 aromatic heterocycles. The summed E-state index contributed by atoms with van der Waals surface area (Å²) >= 11 is 0. The van der Waals surface area contributed by atoms with Crippen molar-refractivity contribution in [3.63, 3.8) is 0 Å². The van der Waals surface area contributed by atoms with Crippen LogP contribution < -0.4 is 0 Å². The molecule has 0 saturated heterocycles. The quantitative estimate of drug-likeness (QED) is 0.747. The van der Waals surface area contributed by atoms with Crippen molar-refractivity contribution in [1.82, 2.24) is 0 Å². The van der Waals surface area contributed by atoms with Gasteiger partial charge < -0.3 is 4.74 Å². The Balaban J connectivity index is 2.08. The molecule has 3 rings (SSSR count). The van der Waals surface area contributed by atoms with E-state index in [4.69, 9.17) is 9.73 Å². The van der Waals surface area contributed by atoms with Crippen molar-refractivity contribution < 1.29 is 4.74 Å². The number of ether oxygens (including phenoxy) is 1. The predicted molar refractivity (Wildman–Crippen MR) is 87.1 cm³/mol. The van der Waals surface area contributed by atoms with Crippen molar-refractivity contribution in [3.8, 4) is 0 Å². The fourth-order valence-electron chi connectivity index (χ4n) is 2.59. The highest BCUT2D eigenvalue weighted by Gasteiger charge is 2.20. The minimum absolute atomic E-state index is 0.684. The second kappa shape index (κ2) is 6.40. The number of nitrogens with zero attached hydrogens (tertiary/aromatic N) is 1. The molecule has 1 aliphatic carbocycles. The summed E-state index contributed by atoms with van der Waals surface area (Å²) in [5, 5.41) is 0. The van der Waals surface area contributed by atoms with Crippen LogP contribution in [0.4, 0.5) is 5.69 Å². The first kappa shape index (κ1) is 13.6. The van der Waals surface area contributed by atoms with E-state index in [9.17, 15) is 0 Å². The number of para-hydroxylation sites is 1. The Morgan fingerprint density at radius 2 is 1.76 bits per heavy atom. The van der Waals surface area contributed by atoms with Gasteiger partial charge in [-0.1, -0.05) is 42.5 Å². The van der Waals surface area contributed by atoms with Crippen molar-refractivity contribution in [1.29, 1.82) is 0 Å². The maximum absolute atomic E-state index is 5.51. The summed E-state index contributed by atoms with van der Waals surface area (Å²) in [6, 6.07) is 18.6. The Labute approximate surface area is 125 Å². The zero-order chi connectivity index (χ0) is 14.5. The largest absolute Gasteiger partial charge is 0.501 e. The fraction of sp³-hybridized carbons (Fsp3) is 0.211. The van der Waals surface area contributed by atoms with E-state index in [0.29, 0.717) is 6.61 Å². The Kier molecular flexibility index (Phi) is 4.15. The van der Waals surface area contributed by atoms with E-state index >= 15 is 0 Å². The van der Waals surface area contributed by atoms with Crippen LogP contribution in [0.25, 0.3) is 0 Å². The monoisotopic (exact) mass is 277 g/mol. The Morgan fingerprint density at radius 3 is 2.57 bits per heavy atom. The third kappa shape index (κ3) is 3.05. The zero-order valence-electron chi connectivity index (χ0n) is 12.3. The molecule has 0 radical (unpaired) electrons. The van der Waals surface area contributed by atoms with Crippen molar-refractivity contribution >= 4 is 11.4 Å². The van der Waals surface area contributed by atoms with Crippen molar-refractivity contribution in [3.05, 3.63) is 77.6 Å². The number of aliphatic imine (C=N–C) groups is 1. The molecular weight excluding hydrogens is 258 g/mol. The number of hydrogen-bond acceptors (Lipinski definition) is 2. The topological polar surface area (TPSA) is 21.6 Å². The average Bonchev–Trinajstić information content (AvgIpc) is 2.55. The second-order valence-electron chi connectivity index (χ2n) is 5.05. The summed E-state index contributed by atoms with van der Waals surface area (Å²) in [4.78, 5) is 4.86. The van der Waals surface area contributed by atoms with Crippen molar-refractivity contribution in [2.45, 2.75) is 19.8 Å². The molecule has 0 bridgehead atoms. The van der Waals surface area contributed by atoms with Crippen LogP contribution >= 0.6 is 0 Å². The minimum Gasteiger partial charge on any atom is -0.501 e. The molecule has 0 amide bonds. The van der Waals surface area contributed by atoms with Gasteiger partial charge in [0.2, 0.25) is 0 Å². The zero-order valence-corrected chi connectivity index (χ0v) is 12.3. The lowest BCUT2D eigenvalue weighted by Crippen LogP contribution is -2.15. The molecule has 0 fully saturated rings. The molecule has 0 N–H and O–H groups in total. The minimum atomic E-state index is 0.684. The van der Waals surface area contributed by atoms with Crippen LogP contribution in [0.3, 0.4) is 0 Å². The standard InChI is InChI=1S/C19H19NO/c1-2-21-14-16-13-12-15-8-6-7-11-18(15)19(16)20-17-9-4-3-5-10-17/h3-11,14H,2,12-13H2,1H3.